The van der Waals surface area contributed by atoms with Crippen LogP contribution in [0.2, 0.25) is 0 Å². The maximum Gasteiger partial charge on any atom is 0.307 e. The number of carbonyl (C=O) groups is 1. The molecule has 112 valence electrons. The minimum atomic E-state index is -1.78. The Balaban J connectivity index is 2.47. The van der Waals surface area contributed by atoms with E-state index in [1.165, 1.54) is 18.4 Å². The van der Waals surface area contributed by atoms with Gasteiger partial charge in [0.15, 0.2) is 5.76 Å². The molecule has 0 aliphatic heterocycles. The van der Waals surface area contributed by atoms with E-state index in [0.717, 1.165) is 6.21 Å². The maximum absolute atomic E-state index is 11.4. The Morgan fingerprint density at radius 3 is 2.60 bits per heavy atom. The van der Waals surface area contributed by atoms with E-state index in [9.17, 15) is 20.1 Å². The zero-order valence-electron chi connectivity index (χ0n) is 10.3. The van der Waals surface area contributed by atoms with Crippen molar-refractivity contribution in [2.24, 2.45) is 5.10 Å². The largest absolute Gasteiger partial charge is 0.459 e. The number of nitrogens with one attached hydrogen (secondary N) is 1. The van der Waals surface area contributed by atoms with Gasteiger partial charge in [-0.15, -0.1) is 0 Å². The van der Waals surface area contributed by atoms with Gasteiger partial charge >= 0.3 is 5.91 Å². The van der Waals surface area contributed by atoms with Gasteiger partial charge in [0, 0.05) is 0 Å². The SMILES string of the molecule is O=C(N/N=C\[C@H](O)[C@H](O)[C@H](O)[C@@H](O)CO)c1ccco1. The van der Waals surface area contributed by atoms with Gasteiger partial charge < -0.3 is 29.9 Å². The quantitative estimate of drug-likeness (QED) is 0.238. The average Bonchev–Trinajstić information content (AvgIpc) is 2.98. The molecule has 20 heavy (non-hydrogen) atoms. The third-order valence-electron chi connectivity index (χ3n) is 2.42. The zero-order chi connectivity index (χ0) is 15.1. The van der Waals surface area contributed by atoms with Crippen LogP contribution in [-0.4, -0.2) is 68.7 Å². The Bertz CT molecular complexity index is 434. The van der Waals surface area contributed by atoms with Gasteiger partial charge in [0.2, 0.25) is 0 Å². The lowest BCUT2D eigenvalue weighted by Gasteiger charge is -2.23. The van der Waals surface area contributed by atoms with E-state index < -0.39 is 36.9 Å². The van der Waals surface area contributed by atoms with Crippen molar-refractivity contribution >= 4 is 12.1 Å². The number of aliphatic hydroxyl groups is 5. The highest BCUT2D eigenvalue weighted by atomic mass is 16.4. The summed E-state index contributed by atoms with van der Waals surface area (Å²) in [4.78, 5) is 11.4. The van der Waals surface area contributed by atoms with E-state index in [1.807, 2.05) is 5.43 Å². The number of nitrogens with zero attached hydrogens (tertiary/aromatic N) is 1. The first-order valence-corrected chi connectivity index (χ1v) is 5.67. The molecule has 4 atom stereocenters. The molecular weight excluding hydrogens is 272 g/mol. The van der Waals surface area contributed by atoms with Crippen LogP contribution in [0.3, 0.4) is 0 Å². The van der Waals surface area contributed by atoms with E-state index in [-0.39, 0.29) is 5.76 Å². The zero-order valence-corrected chi connectivity index (χ0v) is 10.3. The summed E-state index contributed by atoms with van der Waals surface area (Å²) in [6.07, 6.45) is -4.74. The maximum atomic E-state index is 11.4. The molecule has 1 aromatic heterocycles. The molecule has 0 spiro atoms. The molecule has 0 fully saturated rings. The van der Waals surface area contributed by atoms with E-state index in [2.05, 4.69) is 5.10 Å². The molecule has 1 heterocycles. The lowest BCUT2D eigenvalue weighted by atomic mass is 10.0. The Morgan fingerprint density at radius 1 is 1.35 bits per heavy atom. The Labute approximate surface area is 113 Å². The van der Waals surface area contributed by atoms with Crippen LogP contribution < -0.4 is 5.43 Å². The summed E-state index contributed by atoms with van der Waals surface area (Å²) in [6, 6.07) is 2.90. The summed E-state index contributed by atoms with van der Waals surface area (Å²) in [5, 5.41) is 49.3. The summed E-state index contributed by atoms with van der Waals surface area (Å²) >= 11 is 0. The molecule has 1 aromatic rings. The summed E-state index contributed by atoms with van der Waals surface area (Å²) in [6.45, 7) is -0.780. The highest BCUT2D eigenvalue weighted by Crippen LogP contribution is 2.04. The molecule has 0 aromatic carbocycles. The predicted octanol–water partition coefficient (Wildman–Crippen LogP) is -2.57. The highest BCUT2D eigenvalue weighted by molar-refractivity contribution is 5.91. The summed E-state index contributed by atoms with van der Waals surface area (Å²) in [5.41, 5.74) is 2.03. The highest BCUT2D eigenvalue weighted by Gasteiger charge is 2.29. The molecular formula is C11H16N2O7. The third kappa shape index (κ3) is 4.40. The molecule has 6 N–H and O–H groups in total. The van der Waals surface area contributed by atoms with Crippen molar-refractivity contribution in [3.63, 3.8) is 0 Å². The van der Waals surface area contributed by atoms with Crippen LogP contribution >= 0.6 is 0 Å². The second-order valence-corrected chi connectivity index (χ2v) is 3.92. The molecule has 0 saturated heterocycles. The van der Waals surface area contributed by atoms with Gasteiger partial charge in [-0.25, -0.2) is 5.43 Å². The molecule has 9 nitrogen and oxygen atoms in total. The lowest BCUT2D eigenvalue weighted by Crippen LogP contribution is -2.46. The second-order valence-electron chi connectivity index (χ2n) is 3.92. The van der Waals surface area contributed by atoms with Crippen LogP contribution in [0.5, 0.6) is 0 Å². The first-order valence-electron chi connectivity index (χ1n) is 5.67. The fourth-order valence-electron chi connectivity index (χ4n) is 1.26. The average molecular weight is 288 g/mol. The normalized spacial score (nSPS) is 17.6. The van der Waals surface area contributed by atoms with Crippen LogP contribution in [0, 0.1) is 0 Å². The number of amides is 1. The van der Waals surface area contributed by atoms with E-state index >= 15 is 0 Å². The molecule has 0 bridgehead atoms. The topological polar surface area (TPSA) is 156 Å². The number of hydrogen-bond acceptors (Lipinski definition) is 8. The van der Waals surface area contributed by atoms with Crippen molar-refractivity contribution in [2.75, 3.05) is 6.61 Å². The van der Waals surface area contributed by atoms with E-state index in [0.29, 0.717) is 0 Å². The molecule has 1 rings (SSSR count). The summed E-state index contributed by atoms with van der Waals surface area (Å²) in [5.74, 6) is -0.656. The van der Waals surface area contributed by atoms with Gasteiger partial charge in [0.1, 0.15) is 24.4 Å². The van der Waals surface area contributed by atoms with Crippen molar-refractivity contribution in [3.05, 3.63) is 24.2 Å². The van der Waals surface area contributed by atoms with Crippen LogP contribution in [0.4, 0.5) is 0 Å². The van der Waals surface area contributed by atoms with Gasteiger partial charge in [-0.05, 0) is 12.1 Å². The summed E-state index contributed by atoms with van der Waals surface area (Å²) < 4.78 is 4.79. The standard InChI is InChI=1S/C11H16N2O7/c14-5-7(16)10(18)9(17)6(15)4-12-13-11(19)8-2-1-3-20-8/h1-4,6-7,9-10,14-18H,5H2,(H,13,19)/b12-4-/t6-,7-,9-,10+/m0/s1. The molecule has 0 radical (unpaired) electrons. The molecule has 0 saturated carbocycles. The minimum Gasteiger partial charge on any atom is -0.459 e. The number of hydrazone groups is 1. The first kappa shape index (κ1) is 16.3. The van der Waals surface area contributed by atoms with Gasteiger partial charge in [0.05, 0.1) is 19.1 Å². The third-order valence-corrected chi connectivity index (χ3v) is 2.42. The lowest BCUT2D eigenvalue weighted by molar-refractivity contribution is -0.0999. The smallest absolute Gasteiger partial charge is 0.307 e. The van der Waals surface area contributed by atoms with Gasteiger partial charge in [0.25, 0.3) is 0 Å². The van der Waals surface area contributed by atoms with Gasteiger partial charge in [-0.1, -0.05) is 0 Å². The number of carbonyl (C=O) groups excluding carboxylic acids is 1. The van der Waals surface area contributed by atoms with Gasteiger partial charge in [-0.3, -0.25) is 4.79 Å². The second kappa shape index (κ2) is 7.72. The van der Waals surface area contributed by atoms with Crippen LogP contribution in [0.25, 0.3) is 0 Å². The number of furan rings is 1. The van der Waals surface area contributed by atoms with Crippen molar-refractivity contribution in [3.8, 4) is 0 Å². The molecule has 0 aliphatic rings. The van der Waals surface area contributed by atoms with Crippen molar-refractivity contribution in [1.82, 2.24) is 5.43 Å². The molecule has 1 amide bonds. The monoisotopic (exact) mass is 288 g/mol. The number of aliphatic hydroxyl groups excluding tert-OH is 5. The molecule has 0 unspecified atom stereocenters. The fraction of sp³-hybridized carbons (Fsp3) is 0.455. The first-order chi connectivity index (χ1) is 9.47. The van der Waals surface area contributed by atoms with Crippen molar-refractivity contribution < 1.29 is 34.7 Å². The van der Waals surface area contributed by atoms with E-state index in [1.54, 1.807) is 0 Å². The van der Waals surface area contributed by atoms with Crippen molar-refractivity contribution in [1.29, 1.82) is 0 Å². The number of hydrogen-bond donors (Lipinski definition) is 6. The predicted molar refractivity (Wildman–Crippen MR) is 65.8 cm³/mol. The summed E-state index contributed by atoms with van der Waals surface area (Å²) in [7, 11) is 0. The van der Waals surface area contributed by atoms with E-state index in [4.69, 9.17) is 14.6 Å². The number of rotatable bonds is 7. The molecule has 9 heteroatoms. The van der Waals surface area contributed by atoms with Crippen LogP contribution in [-0.2, 0) is 0 Å². The fourth-order valence-corrected chi connectivity index (χ4v) is 1.26. The van der Waals surface area contributed by atoms with Gasteiger partial charge in [-0.2, -0.15) is 5.10 Å². The minimum absolute atomic E-state index is 0.00734. The van der Waals surface area contributed by atoms with Crippen LogP contribution in [0.15, 0.2) is 27.9 Å². The van der Waals surface area contributed by atoms with Crippen molar-refractivity contribution in [2.45, 2.75) is 24.4 Å². The Hall–Kier alpha value is -1.78. The molecule has 0 aliphatic carbocycles. The Kier molecular flexibility index (Phi) is 6.28. The van der Waals surface area contributed by atoms with Crippen LogP contribution in [0.1, 0.15) is 10.6 Å². The Morgan fingerprint density at radius 2 is 2.05 bits per heavy atom.